The first-order valence-corrected chi connectivity index (χ1v) is 12.1. The highest BCUT2D eigenvalue weighted by Crippen LogP contribution is 2.28. The fourth-order valence-corrected chi connectivity index (χ4v) is 3.77. The second kappa shape index (κ2) is 13.5. The minimum absolute atomic E-state index is 0.0406. The smallest absolute Gasteiger partial charge is 0.246 e. The van der Waals surface area contributed by atoms with Crippen molar-refractivity contribution in [2.24, 2.45) is 11.3 Å². The van der Waals surface area contributed by atoms with Gasteiger partial charge in [-0.25, -0.2) is 0 Å². The number of amides is 1. The topological polar surface area (TPSA) is 64.6 Å². The van der Waals surface area contributed by atoms with Crippen molar-refractivity contribution in [3.05, 3.63) is 0 Å². The number of Topliss-reactive ketones (excluding diaryl/α,β-unsaturated/α-hetero) is 1. The Morgan fingerprint density at radius 3 is 2.17 bits per heavy atom. The molecule has 0 aromatic rings. The summed E-state index contributed by atoms with van der Waals surface area (Å²) in [4.78, 5) is 24.1. The Bertz CT molecular complexity index is 505. The van der Waals surface area contributed by atoms with Crippen molar-refractivity contribution in [3.63, 3.8) is 0 Å². The fraction of sp³-hybridized carbons (Fsp3) is 0.920. The standard InChI is InChI=1S/C25H47NO4/c1-20(2)22(27)18-24(3,4)15-17-30-25(5,6)14-16-26-23(28)19-29-21-12-10-8-7-9-11-13-21/h20-21H,7-19H2,1-6H3,(H,26,28). The molecule has 0 radical (unpaired) electrons. The zero-order valence-corrected chi connectivity index (χ0v) is 20.5. The summed E-state index contributed by atoms with van der Waals surface area (Å²) in [6.45, 7) is 13.6. The quantitative estimate of drug-likeness (QED) is 0.426. The van der Waals surface area contributed by atoms with Gasteiger partial charge in [0, 0.05) is 25.5 Å². The van der Waals surface area contributed by atoms with Gasteiger partial charge in [-0.05, 0) is 44.9 Å². The van der Waals surface area contributed by atoms with E-state index in [-0.39, 0.29) is 35.6 Å². The third-order valence-corrected chi connectivity index (χ3v) is 6.12. The molecule has 1 aliphatic rings. The molecular formula is C25H47NO4. The summed E-state index contributed by atoms with van der Waals surface area (Å²) in [6, 6.07) is 0. The number of ketones is 1. The van der Waals surface area contributed by atoms with Crippen LogP contribution in [0.25, 0.3) is 0 Å². The molecule has 0 aliphatic heterocycles. The van der Waals surface area contributed by atoms with E-state index >= 15 is 0 Å². The molecule has 0 aromatic heterocycles. The van der Waals surface area contributed by atoms with Gasteiger partial charge in [-0.15, -0.1) is 0 Å². The summed E-state index contributed by atoms with van der Waals surface area (Å²) in [5.41, 5.74) is -0.369. The number of hydrogen-bond donors (Lipinski definition) is 1. The molecule has 1 saturated carbocycles. The Labute approximate surface area is 185 Å². The van der Waals surface area contributed by atoms with Crippen molar-refractivity contribution in [1.82, 2.24) is 5.32 Å². The summed E-state index contributed by atoms with van der Waals surface area (Å²) in [7, 11) is 0. The molecule has 30 heavy (non-hydrogen) atoms. The van der Waals surface area contributed by atoms with E-state index in [1.54, 1.807) is 0 Å². The summed E-state index contributed by atoms with van der Waals surface area (Å²) < 4.78 is 11.9. The average molecular weight is 426 g/mol. The first kappa shape index (κ1) is 27.1. The van der Waals surface area contributed by atoms with Gasteiger partial charge >= 0.3 is 0 Å². The largest absolute Gasteiger partial charge is 0.375 e. The first-order valence-electron chi connectivity index (χ1n) is 12.1. The van der Waals surface area contributed by atoms with Gasteiger partial charge < -0.3 is 14.8 Å². The molecule has 0 saturated heterocycles. The molecule has 1 aliphatic carbocycles. The minimum Gasteiger partial charge on any atom is -0.375 e. The van der Waals surface area contributed by atoms with Gasteiger partial charge in [0.25, 0.3) is 0 Å². The lowest BCUT2D eigenvalue weighted by molar-refractivity contribution is -0.128. The summed E-state index contributed by atoms with van der Waals surface area (Å²) >= 11 is 0. The maximum atomic E-state index is 12.1. The van der Waals surface area contributed by atoms with Crippen molar-refractivity contribution >= 4 is 11.7 Å². The highest BCUT2D eigenvalue weighted by Gasteiger charge is 2.25. The lowest BCUT2D eigenvalue weighted by Gasteiger charge is -2.29. The Morgan fingerprint density at radius 1 is 0.967 bits per heavy atom. The number of nitrogens with one attached hydrogen (secondary N) is 1. The molecule has 5 nitrogen and oxygen atoms in total. The van der Waals surface area contributed by atoms with Crippen molar-refractivity contribution in [2.75, 3.05) is 19.8 Å². The van der Waals surface area contributed by atoms with Crippen molar-refractivity contribution in [1.29, 1.82) is 0 Å². The van der Waals surface area contributed by atoms with Crippen LogP contribution in [-0.4, -0.2) is 43.2 Å². The van der Waals surface area contributed by atoms with Gasteiger partial charge in [0.2, 0.25) is 5.91 Å². The van der Waals surface area contributed by atoms with Gasteiger partial charge in [-0.1, -0.05) is 59.8 Å². The maximum Gasteiger partial charge on any atom is 0.246 e. The van der Waals surface area contributed by atoms with Crippen molar-refractivity contribution in [2.45, 2.75) is 117 Å². The number of hydrogen-bond acceptors (Lipinski definition) is 4. The van der Waals surface area contributed by atoms with Crippen molar-refractivity contribution in [3.8, 4) is 0 Å². The second-order valence-electron chi connectivity index (χ2n) is 10.7. The summed E-state index contributed by atoms with van der Waals surface area (Å²) in [6.07, 6.45) is 10.9. The normalized spacial score (nSPS) is 16.9. The fourth-order valence-electron chi connectivity index (χ4n) is 3.77. The lowest BCUT2D eigenvalue weighted by atomic mass is 9.82. The van der Waals surface area contributed by atoms with Crippen LogP contribution in [0.15, 0.2) is 0 Å². The molecule has 0 heterocycles. The summed E-state index contributed by atoms with van der Waals surface area (Å²) in [5, 5.41) is 2.96. The van der Waals surface area contributed by atoms with E-state index in [9.17, 15) is 9.59 Å². The molecule has 1 N–H and O–H groups in total. The number of carbonyl (C=O) groups excluding carboxylic acids is 2. The van der Waals surface area contributed by atoms with Crippen LogP contribution in [0.3, 0.4) is 0 Å². The predicted octanol–water partition coefficient (Wildman–Crippen LogP) is 5.45. The minimum atomic E-state index is -0.314. The SMILES string of the molecule is CC(C)C(=O)CC(C)(C)CCOC(C)(C)CCNC(=O)COC1CCCCCCC1. The van der Waals surface area contributed by atoms with Gasteiger partial charge in [0.1, 0.15) is 12.4 Å². The molecule has 5 heteroatoms. The van der Waals surface area contributed by atoms with E-state index < -0.39 is 0 Å². The third kappa shape index (κ3) is 12.7. The van der Waals surface area contributed by atoms with Gasteiger partial charge in [-0.2, -0.15) is 0 Å². The van der Waals surface area contributed by atoms with Crippen LogP contribution in [-0.2, 0) is 19.1 Å². The average Bonchev–Trinajstić information content (AvgIpc) is 2.59. The Balaban J connectivity index is 2.20. The Morgan fingerprint density at radius 2 is 1.57 bits per heavy atom. The van der Waals surface area contributed by atoms with E-state index in [4.69, 9.17) is 9.47 Å². The maximum absolute atomic E-state index is 12.1. The zero-order chi connectivity index (χ0) is 22.6. The lowest BCUT2D eigenvalue weighted by Crippen LogP contribution is -2.36. The van der Waals surface area contributed by atoms with Gasteiger partial charge in [0.05, 0.1) is 11.7 Å². The van der Waals surface area contributed by atoms with Crippen LogP contribution in [0.5, 0.6) is 0 Å². The van der Waals surface area contributed by atoms with Crippen LogP contribution in [0.4, 0.5) is 0 Å². The molecule has 0 aromatic carbocycles. The molecule has 1 rings (SSSR count). The van der Waals surface area contributed by atoms with Gasteiger partial charge in [-0.3, -0.25) is 9.59 Å². The molecule has 0 unspecified atom stereocenters. The zero-order valence-electron chi connectivity index (χ0n) is 20.5. The highest BCUT2D eigenvalue weighted by molar-refractivity contribution is 5.80. The van der Waals surface area contributed by atoms with Crippen molar-refractivity contribution < 1.29 is 19.1 Å². The van der Waals surface area contributed by atoms with Crippen LogP contribution >= 0.6 is 0 Å². The molecular weight excluding hydrogens is 378 g/mol. The number of rotatable bonds is 13. The van der Waals surface area contributed by atoms with E-state index in [1.807, 2.05) is 13.8 Å². The van der Waals surface area contributed by atoms with Crippen LogP contribution < -0.4 is 5.32 Å². The van der Waals surface area contributed by atoms with E-state index in [2.05, 4.69) is 33.0 Å². The molecule has 1 amide bonds. The first-order chi connectivity index (χ1) is 14.0. The Kier molecular flexibility index (Phi) is 12.2. The Hall–Kier alpha value is -0.940. The van der Waals surface area contributed by atoms with Crippen LogP contribution in [0.1, 0.15) is 106 Å². The second-order valence-corrected chi connectivity index (χ2v) is 10.7. The highest BCUT2D eigenvalue weighted by atomic mass is 16.5. The third-order valence-electron chi connectivity index (χ3n) is 6.12. The molecule has 0 spiro atoms. The monoisotopic (exact) mass is 425 g/mol. The molecule has 0 bridgehead atoms. The molecule has 176 valence electrons. The van der Waals surface area contributed by atoms with E-state index in [0.717, 1.165) is 25.7 Å². The number of carbonyl (C=O) groups is 2. The van der Waals surface area contributed by atoms with E-state index in [1.165, 1.54) is 32.1 Å². The van der Waals surface area contributed by atoms with E-state index in [0.29, 0.717) is 25.4 Å². The molecule has 0 atom stereocenters. The predicted molar refractivity (Wildman–Crippen MR) is 123 cm³/mol. The van der Waals surface area contributed by atoms with Crippen LogP contribution in [0.2, 0.25) is 0 Å². The number of ether oxygens (including phenoxy) is 2. The molecule has 1 fully saturated rings. The van der Waals surface area contributed by atoms with Gasteiger partial charge in [0.15, 0.2) is 0 Å². The summed E-state index contributed by atoms with van der Waals surface area (Å²) in [5.74, 6) is 0.353. The van der Waals surface area contributed by atoms with Crippen LogP contribution in [0, 0.1) is 11.3 Å².